The van der Waals surface area contributed by atoms with Crippen molar-refractivity contribution in [3.8, 4) is 0 Å². The summed E-state index contributed by atoms with van der Waals surface area (Å²) in [7, 11) is 0. The molecule has 6 heavy (non-hydrogen) atoms. The number of rotatable bonds is 0. The highest BCUT2D eigenvalue weighted by Gasteiger charge is 1.62. The molecule has 0 aromatic rings. The van der Waals surface area contributed by atoms with E-state index in [1.54, 1.807) is 0 Å². The molecule has 0 bridgehead atoms. The topological polar surface area (TPSA) is 0 Å². The predicted molar refractivity (Wildman–Crippen MR) is 39.3 cm³/mol. The van der Waals surface area contributed by atoms with Crippen LogP contribution in [0.25, 0.3) is 0 Å². The Morgan fingerprint density at radius 1 is 1.67 bits per heavy atom. The zero-order chi connectivity index (χ0) is 5.41. The molecule has 0 unspecified atom stereocenters. The van der Waals surface area contributed by atoms with E-state index in [0.29, 0.717) is 0 Å². The van der Waals surface area contributed by atoms with E-state index >= 15 is 0 Å². The van der Waals surface area contributed by atoms with Crippen molar-refractivity contribution in [2.24, 2.45) is 0 Å². The van der Waals surface area contributed by atoms with Crippen LogP contribution in [0.1, 0.15) is 13.3 Å². The van der Waals surface area contributed by atoms with E-state index in [9.17, 15) is 0 Å². The molecule has 0 aliphatic rings. The Morgan fingerprint density at radius 3 is 1.67 bits per heavy atom. The smallest absolute Gasteiger partial charge is 0.280 e. The molecule has 0 nitrogen and oxygen atoms in total. The average Bonchev–Trinajstić information content (AvgIpc) is 1.39. The Labute approximate surface area is 61.5 Å². The largest absolute Gasteiger partial charge is 0.560 e. The van der Waals surface area contributed by atoms with Gasteiger partial charge in [-0.1, -0.05) is 20.3 Å². The van der Waals surface area contributed by atoms with Gasteiger partial charge in [0.1, 0.15) is 0 Å². The van der Waals surface area contributed by atoms with E-state index in [1.807, 2.05) is 6.92 Å². The monoisotopic (exact) mass is 225 g/mol. The molecule has 0 saturated heterocycles. The Kier molecular flexibility index (Phi) is 28.2. The summed E-state index contributed by atoms with van der Waals surface area (Å²) in [5.41, 5.74) is 0. The van der Waals surface area contributed by atoms with E-state index < -0.39 is 0 Å². The molecule has 0 aliphatic heterocycles. The summed E-state index contributed by atoms with van der Waals surface area (Å²) in [6.07, 6.45) is 1.00. The maximum atomic E-state index is 3.49. The quantitative estimate of drug-likeness (QED) is 0.558. The zero-order valence-electron chi connectivity index (χ0n) is 3.88. The first-order valence-corrected chi connectivity index (χ1v) is 9.54. The lowest BCUT2D eigenvalue weighted by Crippen LogP contribution is -1.31. The van der Waals surface area contributed by atoms with Crippen molar-refractivity contribution in [1.82, 2.24) is 0 Å². The summed E-state index contributed by atoms with van der Waals surface area (Å²) in [6.45, 7) is 5.50. The molecule has 35 valence electrons. The van der Waals surface area contributed by atoms with Gasteiger partial charge in [0.2, 0.25) is 0 Å². The fourth-order valence-corrected chi connectivity index (χ4v) is 0. The van der Waals surface area contributed by atoms with Gasteiger partial charge < -0.3 is 0 Å². The van der Waals surface area contributed by atoms with Crippen LogP contribution in [-0.4, -0.2) is 16.0 Å². The maximum Gasteiger partial charge on any atom is 0.560 e. The molecule has 0 N–H and O–H groups in total. The second kappa shape index (κ2) is 15.9. The van der Waals surface area contributed by atoms with Crippen molar-refractivity contribution in [2.45, 2.75) is 13.3 Å². The van der Waals surface area contributed by atoms with Crippen LogP contribution in [0.15, 0.2) is 0 Å². The molecule has 0 heterocycles. The molecule has 0 atom stereocenters. The summed E-state index contributed by atoms with van der Waals surface area (Å²) >= 11 is 6.44. The standard InChI is InChI=1S/C3H7.2BrH.Mg/c1-3-2;;;/h1,3H2,2H3;2*1H;/q;;;+2/p-2. The van der Waals surface area contributed by atoms with Crippen molar-refractivity contribution < 1.29 is 0 Å². The van der Waals surface area contributed by atoms with Gasteiger partial charge in [-0.05, 0) is 0 Å². The van der Waals surface area contributed by atoms with Crippen molar-refractivity contribution in [1.29, 1.82) is 0 Å². The van der Waals surface area contributed by atoms with Gasteiger partial charge in [0.15, 0.2) is 0 Å². The van der Waals surface area contributed by atoms with E-state index in [0.717, 1.165) is 6.42 Å². The molecule has 0 spiro atoms. The third-order valence-electron chi connectivity index (χ3n) is 0. The fourth-order valence-electron chi connectivity index (χ4n) is 0. The number of hydrogen-bond acceptors (Lipinski definition) is 0. The lowest BCUT2D eigenvalue weighted by molar-refractivity contribution is 1.23. The summed E-state index contributed by atoms with van der Waals surface area (Å²) in [5, 5.41) is 0. The van der Waals surface area contributed by atoms with Crippen molar-refractivity contribution in [3.05, 3.63) is 6.92 Å². The van der Waals surface area contributed by atoms with E-state index in [1.165, 1.54) is 0 Å². The molecule has 1 radical (unpaired) electrons. The third-order valence-corrected chi connectivity index (χ3v) is 0. The molecule has 0 rings (SSSR count). The highest BCUT2D eigenvalue weighted by molar-refractivity contribution is 9.47. The van der Waals surface area contributed by atoms with Crippen LogP contribution in [0.4, 0.5) is 0 Å². The Hall–Kier alpha value is 1.73. The highest BCUT2D eigenvalue weighted by atomic mass is 79.9. The van der Waals surface area contributed by atoms with Crippen molar-refractivity contribution >= 4 is 41.8 Å². The molecule has 0 saturated carbocycles. The second-order valence-corrected chi connectivity index (χ2v) is 8.68. The number of hydrogen-bond donors (Lipinski definition) is 0. The molecule has 0 fully saturated rings. The van der Waals surface area contributed by atoms with Gasteiger partial charge in [-0.25, -0.2) is 0 Å². The molecular formula is C3H7Br2Mg. The predicted octanol–water partition coefficient (Wildman–Crippen LogP) is 2.54. The first-order chi connectivity index (χ1) is 2.83. The zero-order valence-corrected chi connectivity index (χ0v) is 8.46. The van der Waals surface area contributed by atoms with Crippen LogP contribution in [0, 0.1) is 6.92 Å². The molecule has 0 aromatic carbocycles. The first kappa shape index (κ1) is 10.7. The first-order valence-electron chi connectivity index (χ1n) is 1.74. The van der Waals surface area contributed by atoms with Crippen LogP contribution in [0.3, 0.4) is 0 Å². The molecule has 0 aromatic heterocycles. The van der Waals surface area contributed by atoms with Crippen LogP contribution in [0.5, 0.6) is 0 Å². The van der Waals surface area contributed by atoms with Gasteiger partial charge in [0.25, 0.3) is 0 Å². The van der Waals surface area contributed by atoms with Gasteiger partial charge in [0.05, 0.1) is 0 Å². The summed E-state index contributed by atoms with van der Waals surface area (Å²) < 4.78 is 0. The van der Waals surface area contributed by atoms with Crippen LogP contribution in [0.2, 0.25) is 0 Å². The van der Waals surface area contributed by atoms with Gasteiger partial charge in [-0.15, -0.1) is 0 Å². The molecule has 0 amide bonds. The minimum absolute atomic E-state index is 0.0417. The minimum atomic E-state index is 0.0417. The van der Waals surface area contributed by atoms with Crippen LogP contribution < -0.4 is 0 Å². The SMILES string of the molecule is [Br][Mg][Br].[CH2]CC. The second-order valence-electron chi connectivity index (χ2n) is 0.601. The van der Waals surface area contributed by atoms with Gasteiger partial charge in [-0.2, -0.15) is 0 Å². The third kappa shape index (κ3) is 42.9. The number of halogens is 2. The van der Waals surface area contributed by atoms with E-state index in [2.05, 4.69) is 32.7 Å². The lowest BCUT2D eigenvalue weighted by atomic mass is 10.6. The summed E-state index contributed by atoms with van der Waals surface area (Å²) in [4.78, 5) is 0. The molecule has 3 heteroatoms. The van der Waals surface area contributed by atoms with Crippen molar-refractivity contribution in [3.63, 3.8) is 0 Å². The Balaban J connectivity index is 0. The fraction of sp³-hybridized carbons (Fsp3) is 0.667. The normalized spacial score (nSPS) is 4.67. The highest BCUT2D eigenvalue weighted by Crippen LogP contribution is 1.77. The Morgan fingerprint density at radius 2 is 1.67 bits per heavy atom. The minimum Gasteiger partial charge on any atom is -0.280 e. The Bertz CT molecular complexity index is 10.8. The summed E-state index contributed by atoms with van der Waals surface area (Å²) in [5.74, 6) is 0. The molecular weight excluding hydrogens is 220 g/mol. The van der Waals surface area contributed by atoms with E-state index in [-0.39, 0.29) is 16.0 Å². The van der Waals surface area contributed by atoms with E-state index in [4.69, 9.17) is 0 Å². The maximum absolute atomic E-state index is 3.49. The average molecular weight is 227 g/mol. The molecule has 0 aliphatic carbocycles. The van der Waals surface area contributed by atoms with Gasteiger partial charge in [0, 0.05) is 0 Å². The van der Waals surface area contributed by atoms with Crippen LogP contribution in [-0.2, 0) is 0 Å². The lowest BCUT2D eigenvalue weighted by Gasteiger charge is -1.47. The van der Waals surface area contributed by atoms with Crippen molar-refractivity contribution in [2.75, 3.05) is 0 Å². The van der Waals surface area contributed by atoms with Gasteiger partial charge >= 0.3 is 16.0 Å². The van der Waals surface area contributed by atoms with Gasteiger partial charge in [-0.3, -0.25) is 25.8 Å². The summed E-state index contributed by atoms with van der Waals surface area (Å²) in [6, 6.07) is 0. The van der Waals surface area contributed by atoms with Crippen LogP contribution >= 0.6 is 25.8 Å².